The van der Waals surface area contributed by atoms with Gasteiger partial charge in [-0.3, -0.25) is 0 Å². The minimum Gasteiger partial charge on any atom is -0.336 e. The molecule has 1 unspecified atom stereocenters. The Bertz CT molecular complexity index is 943. The largest absolute Gasteiger partial charge is 0.336 e. The number of benzene rings is 3. The molecule has 4 rings (SSSR count). The SMILES string of the molecule is Cc1cc(C)c(N2[CH]N(C(Sc3ccccc3)c3ccccc3)C=C2)c(C)c1. The van der Waals surface area contributed by atoms with Gasteiger partial charge in [-0.15, -0.1) is 0 Å². The second kappa shape index (κ2) is 8.15. The molecule has 0 saturated heterocycles. The van der Waals surface area contributed by atoms with Crippen LogP contribution in [-0.2, 0) is 0 Å². The van der Waals surface area contributed by atoms with Gasteiger partial charge >= 0.3 is 0 Å². The highest BCUT2D eigenvalue weighted by Crippen LogP contribution is 2.42. The Balaban J connectivity index is 1.61. The van der Waals surface area contributed by atoms with Gasteiger partial charge in [0.2, 0.25) is 0 Å². The van der Waals surface area contributed by atoms with Gasteiger partial charge in [0, 0.05) is 23.0 Å². The summed E-state index contributed by atoms with van der Waals surface area (Å²) in [6, 6.07) is 25.8. The van der Waals surface area contributed by atoms with Crippen LogP contribution in [0.5, 0.6) is 0 Å². The van der Waals surface area contributed by atoms with Crippen molar-refractivity contribution in [2.45, 2.75) is 31.0 Å². The van der Waals surface area contributed by atoms with Crippen molar-refractivity contribution in [3.63, 3.8) is 0 Å². The fourth-order valence-electron chi connectivity index (χ4n) is 3.77. The van der Waals surface area contributed by atoms with Crippen LogP contribution in [0.25, 0.3) is 0 Å². The first kappa shape index (κ1) is 18.7. The van der Waals surface area contributed by atoms with Gasteiger partial charge in [-0.1, -0.05) is 78.0 Å². The van der Waals surface area contributed by atoms with E-state index in [4.69, 9.17) is 0 Å². The van der Waals surface area contributed by atoms with E-state index in [0.717, 1.165) is 0 Å². The topological polar surface area (TPSA) is 6.48 Å². The quantitative estimate of drug-likeness (QED) is 0.445. The summed E-state index contributed by atoms with van der Waals surface area (Å²) in [5.74, 6) is 0. The Morgan fingerprint density at radius 3 is 2.00 bits per heavy atom. The summed E-state index contributed by atoms with van der Waals surface area (Å²) >= 11 is 1.86. The Hall–Kier alpha value is -2.65. The summed E-state index contributed by atoms with van der Waals surface area (Å²) in [6.07, 6.45) is 4.33. The van der Waals surface area contributed by atoms with Gasteiger partial charge in [-0.25, -0.2) is 0 Å². The van der Waals surface area contributed by atoms with E-state index in [1.54, 1.807) is 0 Å². The van der Waals surface area contributed by atoms with Gasteiger partial charge in [0.15, 0.2) is 0 Å². The maximum atomic E-state index is 2.30. The van der Waals surface area contributed by atoms with Gasteiger partial charge in [0.25, 0.3) is 0 Å². The predicted octanol–water partition coefficient (Wildman–Crippen LogP) is 6.82. The van der Waals surface area contributed by atoms with Gasteiger partial charge in [0.05, 0.1) is 0 Å². The highest BCUT2D eigenvalue weighted by atomic mass is 32.2. The maximum Gasteiger partial charge on any atom is 0.147 e. The number of thioether (sulfide) groups is 1. The molecule has 0 N–H and O–H groups in total. The number of rotatable bonds is 5. The lowest BCUT2D eigenvalue weighted by Crippen LogP contribution is -2.23. The average molecular weight is 386 g/mol. The molecule has 1 radical (unpaired) electrons. The lowest BCUT2D eigenvalue weighted by atomic mass is 10.0. The van der Waals surface area contributed by atoms with Gasteiger partial charge in [0.1, 0.15) is 12.0 Å². The highest BCUT2D eigenvalue weighted by molar-refractivity contribution is 7.99. The van der Waals surface area contributed by atoms with E-state index < -0.39 is 0 Å². The fraction of sp³-hybridized carbons (Fsp3) is 0.160. The van der Waals surface area contributed by atoms with Crippen molar-refractivity contribution in [3.8, 4) is 0 Å². The second-order valence-electron chi connectivity index (χ2n) is 7.21. The van der Waals surface area contributed by atoms with E-state index in [1.807, 2.05) is 11.8 Å². The summed E-state index contributed by atoms with van der Waals surface area (Å²) in [4.78, 5) is 5.80. The van der Waals surface area contributed by atoms with Gasteiger partial charge in [-0.2, -0.15) is 0 Å². The van der Waals surface area contributed by atoms with Crippen LogP contribution in [0.15, 0.2) is 90.1 Å². The third-order valence-corrected chi connectivity index (χ3v) is 6.18. The first-order valence-electron chi connectivity index (χ1n) is 9.55. The van der Waals surface area contributed by atoms with Crippen molar-refractivity contribution >= 4 is 17.4 Å². The van der Waals surface area contributed by atoms with Crippen LogP contribution in [0.1, 0.15) is 27.6 Å². The van der Waals surface area contributed by atoms with Crippen molar-refractivity contribution in [3.05, 3.63) is 114 Å². The molecule has 0 aromatic heterocycles. The molecule has 1 aliphatic heterocycles. The number of nitrogens with zero attached hydrogens (tertiary/aromatic N) is 2. The lowest BCUT2D eigenvalue weighted by molar-refractivity contribution is 0.450. The summed E-state index contributed by atoms with van der Waals surface area (Å²) in [5.41, 5.74) is 6.46. The molecule has 28 heavy (non-hydrogen) atoms. The van der Waals surface area contributed by atoms with Crippen LogP contribution in [-0.4, -0.2) is 4.90 Å². The third-order valence-electron chi connectivity index (χ3n) is 4.90. The minimum absolute atomic E-state index is 0.177. The third kappa shape index (κ3) is 3.95. The normalized spacial score (nSPS) is 14.5. The standard InChI is InChI=1S/C25H25N2S/c1-19-16-20(2)24(21(3)17-19)26-14-15-27(18-26)25(22-10-6-4-7-11-22)28-23-12-8-5-9-13-23/h4-18,25H,1-3H3. The first-order valence-corrected chi connectivity index (χ1v) is 10.4. The van der Waals surface area contributed by atoms with E-state index >= 15 is 0 Å². The van der Waals surface area contributed by atoms with Crippen LogP contribution < -0.4 is 4.90 Å². The molecule has 141 valence electrons. The predicted molar refractivity (Wildman–Crippen MR) is 120 cm³/mol. The molecule has 2 nitrogen and oxygen atoms in total. The molecular weight excluding hydrogens is 360 g/mol. The Labute approximate surface area is 172 Å². The van der Waals surface area contributed by atoms with Crippen LogP contribution >= 0.6 is 11.8 Å². The molecule has 3 aromatic rings. The number of aryl methyl sites for hydroxylation is 3. The lowest BCUT2D eigenvalue weighted by Gasteiger charge is -2.30. The Morgan fingerprint density at radius 1 is 0.750 bits per heavy atom. The molecule has 0 saturated carbocycles. The van der Waals surface area contributed by atoms with Crippen molar-refractivity contribution in [1.29, 1.82) is 0 Å². The van der Waals surface area contributed by atoms with E-state index in [2.05, 4.69) is 122 Å². The summed E-state index contributed by atoms with van der Waals surface area (Å²) in [7, 11) is 0. The first-order chi connectivity index (χ1) is 13.6. The summed E-state index contributed by atoms with van der Waals surface area (Å²) in [5, 5.41) is 0.177. The number of hydrogen-bond acceptors (Lipinski definition) is 3. The zero-order valence-electron chi connectivity index (χ0n) is 16.5. The molecule has 0 bridgehead atoms. The molecule has 0 fully saturated rings. The number of hydrogen-bond donors (Lipinski definition) is 0. The van der Waals surface area contributed by atoms with E-state index in [1.165, 1.54) is 32.8 Å². The molecule has 3 heteroatoms. The van der Waals surface area contributed by atoms with E-state index in [9.17, 15) is 0 Å². The summed E-state index contributed by atoms with van der Waals surface area (Å²) in [6.45, 7) is 8.74. The second-order valence-corrected chi connectivity index (χ2v) is 8.36. The highest BCUT2D eigenvalue weighted by Gasteiger charge is 2.26. The van der Waals surface area contributed by atoms with Crippen molar-refractivity contribution < 1.29 is 0 Å². The molecule has 1 aliphatic rings. The Morgan fingerprint density at radius 2 is 1.36 bits per heavy atom. The summed E-state index contributed by atoms with van der Waals surface area (Å²) < 4.78 is 0. The van der Waals surface area contributed by atoms with Crippen LogP contribution in [0.3, 0.4) is 0 Å². The smallest absolute Gasteiger partial charge is 0.147 e. The molecule has 1 heterocycles. The van der Waals surface area contributed by atoms with E-state index in [-0.39, 0.29) is 5.37 Å². The molecule has 3 aromatic carbocycles. The molecule has 1 atom stereocenters. The van der Waals surface area contributed by atoms with Gasteiger partial charge < -0.3 is 9.80 Å². The maximum absolute atomic E-state index is 2.30. The van der Waals surface area contributed by atoms with E-state index in [0.29, 0.717) is 0 Å². The van der Waals surface area contributed by atoms with Gasteiger partial charge in [-0.05, 0) is 49.6 Å². The molecule has 0 aliphatic carbocycles. The monoisotopic (exact) mass is 385 g/mol. The molecule has 0 spiro atoms. The fourth-order valence-corrected chi connectivity index (χ4v) is 4.88. The number of anilines is 1. The van der Waals surface area contributed by atoms with Crippen LogP contribution in [0.2, 0.25) is 0 Å². The van der Waals surface area contributed by atoms with Crippen molar-refractivity contribution in [2.75, 3.05) is 4.90 Å². The van der Waals surface area contributed by atoms with Crippen molar-refractivity contribution in [1.82, 2.24) is 4.90 Å². The zero-order valence-corrected chi connectivity index (χ0v) is 17.4. The Kier molecular flexibility index (Phi) is 5.45. The zero-order chi connectivity index (χ0) is 19.5. The van der Waals surface area contributed by atoms with Crippen LogP contribution in [0, 0.1) is 27.4 Å². The molecule has 0 amide bonds. The molecular formula is C25H25N2S. The average Bonchev–Trinajstić information content (AvgIpc) is 3.16. The van der Waals surface area contributed by atoms with Crippen molar-refractivity contribution in [2.24, 2.45) is 0 Å². The van der Waals surface area contributed by atoms with Crippen LogP contribution in [0.4, 0.5) is 5.69 Å². The minimum atomic E-state index is 0.177.